The van der Waals surface area contributed by atoms with E-state index in [9.17, 15) is 5.11 Å². The predicted molar refractivity (Wildman–Crippen MR) is 65.7 cm³/mol. The lowest BCUT2D eigenvalue weighted by Gasteiger charge is -2.11. The van der Waals surface area contributed by atoms with Crippen molar-refractivity contribution in [3.05, 3.63) is 18.1 Å². The lowest BCUT2D eigenvalue weighted by atomic mass is 10.1. The molecule has 0 radical (unpaired) electrons. The lowest BCUT2D eigenvalue weighted by Crippen LogP contribution is -2.34. The number of aromatic nitrogens is 3. The number of nitrogens with zero attached hydrogens (tertiary/aromatic N) is 2. The third kappa shape index (κ3) is 1.64. The Hall–Kier alpha value is -1.70. The van der Waals surface area contributed by atoms with Gasteiger partial charge in [0.25, 0.3) is 0 Å². The van der Waals surface area contributed by atoms with E-state index < -0.39 is 6.10 Å². The van der Waals surface area contributed by atoms with Crippen LogP contribution in [-0.4, -0.2) is 43.9 Å². The van der Waals surface area contributed by atoms with Crippen LogP contribution in [0, 0.1) is 0 Å². The van der Waals surface area contributed by atoms with Gasteiger partial charge in [-0.15, -0.1) is 0 Å². The molecule has 7 nitrogen and oxygen atoms in total. The summed E-state index contributed by atoms with van der Waals surface area (Å²) in [4.78, 5) is 11.2. The quantitative estimate of drug-likeness (QED) is 0.480. The Labute approximate surface area is 103 Å². The van der Waals surface area contributed by atoms with Crippen molar-refractivity contribution in [2.75, 3.05) is 12.3 Å². The Kier molecular flexibility index (Phi) is 2.66. The molecule has 1 aliphatic rings. The summed E-state index contributed by atoms with van der Waals surface area (Å²) < 4.78 is 0. The molecule has 1 saturated heterocycles. The summed E-state index contributed by atoms with van der Waals surface area (Å²) in [6.07, 6.45) is 3.23. The Morgan fingerprint density at radius 2 is 2.28 bits per heavy atom. The first-order valence-electron chi connectivity index (χ1n) is 5.83. The van der Waals surface area contributed by atoms with Crippen LogP contribution >= 0.6 is 0 Å². The predicted octanol–water partition coefficient (Wildman–Crippen LogP) is -0.704. The van der Waals surface area contributed by atoms with Gasteiger partial charge in [0, 0.05) is 17.8 Å². The van der Waals surface area contributed by atoms with Gasteiger partial charge in [-0.2, -0.15) is 0 Å². The van der Waals surface area contributed by atoms with Gasteiger partial charge in [0.05, 0.1) is 24.3 Å². The van der Waals surface area contributed by atoms with Gasteiger partial charge in [0.1, 0.15) is 11.8 Å². The van der Waals surface area contributed by atoms with Crippen LogP contribution in [0.4, 0.5) is 5.82 Å². The number of fused-ring (bicyclic) bond motifs is 1. The molecule has 2 aromatic heterocycles. The number of hydrogen-bond acceptors (Lipinski definition) is 6. The number of aromatic amines is 1. The summed E-state index contributed by atoms with van der Waals surface area (Å²) in [5, 5.41) is 22.1. The van der Waals surface area contributed by atoms with Gasteiger partial charge >= 0.3 is 0 Å². The third-order valence-electron chi connectivity index (χ3n) is 3.45. The molecule has 2 aromatic rings. The van der Waals surface area contributed by atoms with E-state index in [-0.39, 0.29) is 18.7 Å². The highest BCUT2D eigenvalue weighted by Gasteiger charge is 2.34. The van der Waals surface area contributed by atoms with Crippen LogP contribution in [-0.2, 0) is 0 Å². The van der Waals surface area contributed by atoms with Gasteiger partial charge in [-0.05, 0) is 6.42 Å². The van der Waals surface area contributed by atoms with E-state index in [0.717, 1.165) is 11.1 Å². The smallest absolute Gasteiger partial charge is 0.151 e. The van der Waals surface area contributed by atoms with Crippen molar-refractivity contribution < 1.29 is 10.2 Å². The SMILES string of the molecule is Nc1ncnc2c([C@H]3C[C@H](O)[C@@H](CO)N3)c[nH]c12. The minimum Gasteiger partial charge on any atom is -0.395 e. The number of nitrogens with two attached hydrogens (primary N) is 1. The minimum absolute atomic E-state index is 0.0415. The maximum absolute atomic E-state index is 9.79. The first-order valence-corrected chi connectivity index (χ1v) is 5.83. The summed E-state index contributed by atoms with van der Waals surface area (Å²) in [5.74, 6) is 0.406. The largest absolute Gasteiger partial charge is 0.395 e. The number of aliphatic hydroxyl groups is 2. The third-order valence-corrected chi connectivity index (χ3v) is 3.45. The summed E-state index contributed by atoms with van der Waals surface area (Å²) in [7, 11) is 0. The van der Waals surface area contributed by atoms with Crippen LogP contribution in [0.3, 0.4) is 0 Å². The highest BCUT2D eigenvalue weighted by molar-refractivity contribution is 5.87. The molecule has 0 bridgehead atoms. The van der Waals surface area contributed by atoms with Crippen molar-refractivity contribution in [1.82, 2.24) is 20.3 Å². The van der Waals surface area contributed by atoms with E-state index in [4.69, 9.17) is 10.8 Å². The molecule has 3 heterocycles. The maximum Gasteiger partial charge on any atom is 0.151 e. The fraction of sp³-hybridized carbons (Fsp3) is 0.455. The van der Waals surface area contributed by atoms with Crippen molar-refractivity contribution in [1.29, 1.82) is 0 Å². The van der Waals surface area contributed by atoms with Crippen LogP contribution in [0.25, 0.3) is 11.0 Å². The van der Waals surface area contributed by atoms with Crippen molar-refractivity contribution >= 4 is 16.9 Å². The summed E-state index contributed by atoms with van der Waals surface area (Å²) in [6, 6.07) is -0.334. The average Bonchev–Trinajstić information content (AvgIpc) is 2.93. The average molecular weight is 249 g/mol. The van der Waals surface area contributed by atoms with E-state index in [1.807, 2.05) is 6.20 Å². The van der Waals surface area contributed by atoms with Gasteiger partial charge in [-0.25, -0.2) is 9.97 Å². The summed E-state index contributed by atoms with van der Waals surface area (Å²) >= 11 is 0. The van der Waals surface area contributed by atoms with Crippen LogP contribution < -0.4 is 11.1 Å². The summed E-state index contributed by atoms with van der Waals surface area (Å²) in [5.41, 5.74) is 8.16. The highest BCUT2D eigenvalue weighted by atomic mass is 16.3. The molecule has 3 rings (SSSR count). The molecule has 96 valence electrons. The van der Waals surface area contributed by atoms with Crippen LogP contribution in [0.15, 0.2) is 12.5 Å². The number of hydrogen-bond donors (Lipinski definition) is 5. The van der Waals surface area contributed by atoms with Gasteiger partial charge in [-0.3, -0.25) is 0 Å². The molecule has 0 aromatic carbocycles. The van der Waals surface area contributed by atoms with E-state index in [0.29, 0.717) is 17.8 Å². The number of nitrogens with one attached hydrogen (secondary N) is 2. The van der Waals surface area contributed by atoms with E-state index >= 15 is 0 Å². The molecule has 1 fully saturated rings. The zero-order valence-corrected chi connectivity index (χ0v) is 9.67. The van der Waals surface area contributed by atoms with Gasteiger partial charge in [0.2, 0.25) is 0 Å². The molecule has 1 aliphatic heterocycles. The number of rotatable bonds is 2. The second-order valence-electron chi connectivity index (χ2n) is 4.54. The Morgan fingerprint density at radius 1 is 1.44 bits per heavy atom. The molecule has 0 saturated carbocycles. The zero-order chi connectivity index (χ0) is 12.7. The highest BCUT2D eigenvalue weighted by Crippen LogP contribution is 2.31. The van der Waals surface area contributed by atoms with Crippen LogP contribution in [0.1, 0.15) is 18.0 Å². The molecular formula is C11H15N5O2. The van der Waals surface area contributed by atoms with E-state index in [1.165, 1.54) is 6.33 Å². The maximum atomic E-state index is 9.79. The Balaban J connectivity index is 1.99. The molecule has 18 heavy (non-hydrogen) atoms. The molecule has 7 heteroatoms. The molecular weight excluding hydrogens is 234 g/mol. The van der Waals surface area contributed by atoms with E-state index in [2.05, 4.69) is 20.3 Å². The van der Waals surface area contributed by atoms with Crippen molar-refractivity contribution in [3.8, 4) is 0 Å². The first-order chi connectivity index (χ1) is 8.70. The standard InChI is InChI=1S/C11H15N5O2/c12-11-10-9(14-4-15-11)5(2-13-10)6-1-8(18)7(3-17)16-6/h2,4,6-8,13,16-18H,1,3H2,(H2,12,14,15)/t6-,7-,8+/m1/s1. The fourth-order valence-electron chi connectivity index (χ4n) is 2.48. The Bertz CT molecular complexity index is 570. The number of aliphatic hydroxyl groups excluding tert-OH is 2. The molecule has 0 unspecified atom stereocenters. The molecule has 3 atom stereocenters. The topological polar surface area (TPSA) is 120 Å². The number of nitrogen functional groups attached to an aromatic ring is 1. The monoisotopic (exact) mass is 249 g/mol. The molecule has 0 aliphatic carbocycles. The zero-order valence-electron chi connectivity index (χ0n) is 9.67. The second-order valence-corrected chi connectivity index (χ2v) is 4.54. The molecule has 6 N–H and O–H groups in total. The second kappa shape index (κ2) is 4.20. The van der Waals surface area contributed by atoms with E-state index in [1.54, 1.807) is 0 Å². The fourth-order valence-corrected chi connectivity index (χ4v) is 2.48. The van der Waals surface area contributed by atoms with Gasteiger partial charge < -0.3 is 26.2 Å². The first kappa shape index (κ1) is 11.4. The van der Waals surface area contributed by atoms with Gasteiger partial charge in [-0.1, -0.05) is 0 Å². The van der Waals surface area contributed by atoms with Gasteiger partial charge in [0.15, 0.2) is 5.82 Å². The van der Waals surface area contributed by atoms with Crippen molar-refractivity contribution in [2.24, 2.45) is 0 Å². The van der Waals surface area contributed by atoms with Crippen molar-refractivity contribution in [3.63, 3.8) is 0 Å². The van der Waals surface area contributed by atoms with Crippen LogP contribution in [0.5, 0.6) is 0 Å². The molecule has 0 spiro atoms. The minimum atomic E-state index is -0.552. The Morgan fingerprint density at radius 3 is 3.00 bits per heavy atom. The molecule has 0 amide bonds. The van der Waals surface area contributed by atoms with Crippen LogP contribution in [0.2, 0.25) is 0 Å². The lowest BCUT2D eigenvalue weighted by molar-refractivity contribution is 0.121. The number of anilines is 1. The van der Waals surface area contributed by atoms with Crippen molar-refractivity contribution in [2.45, 2.75) is 24.6 Å². The number of H-pyrrole nitrogens is 1. The summed E-state index contributed by atoms with van der Waals surface area (Å²) in [6.45, 7) is -0.0862. The normalized spacial score (nSPS) is 28.0.